The summed E-state index contributed by atoms with van der Waals surface area (Å²) in [4.78, 5) is 23.8. The molecule has 0 radical (unpaired) electrons. The quantitative estimate of drug-likeness (QED) is 0.799. The Kier molecular flexibility index (Phi) is 5.01. The number of hydrogen-bond acceptors (Lipinski definition) is 3. The average Bonchev–Trinajstić information content (AvgIpc) is 2.81. The van der Waals surface area contributed by atoms with E-state index in [0.717, 1.165) is 4.90 Å². The van der Waals surface area contributed by atoms with E-state index in [4.69, 9.17) is 10.8 Å². The fourth-order valence-corrected chi connectivity index (χ4v) is 2.20. The number of aliphatic carboxylic acids is 1. The summed E-state index contributed by atoms with van der Waals surface area (Å²) in [6.07, 6.45) is -4.88. The Labute approximate surface area is 114 Å². The van der Waals surface area contributed by atoms with E-state index >= 15 is 0 Å². The first-order chi connectivity index (χ1) is 9.14. The highest BCUT2D eigenvalue weighted by molar-refractivity contribution is 5.81. The van der Waals surface area contributed by atoms with Crippen molar-refractivity contribution in [1.29, 1.82) is 0 Å². The van der Waals surface area contributed by atoms with Crippen LogP contribution in [0.15, 0.2) is 0 Å². The molecule has 1 heterocycles. The molecule has 0 aromatic heterocycles. The van der Waals surface area contributed by atoms with Crippen molar-refractivity contribution in [1.82, 2.24) is 4.90 Å². The third kappa shape index (κ3) is 3.23. The number of likely N-dealkylation sites (tertiary alicyclic amines) is 1. The van der Waals surface area contributed by atoms with Gasteiger partial charge >= 0.3 is 12.1 Å². The number of nitrogens with two attached hydrogens (primary N) is 1. The van der Waals surface area contributed by atoms with Gasteiger partial charge in [-0.15, -0.1) is 0 Å². The van der Waals surface area contributed by atoms with Crippen LogP contribution >= 0.6 is 0 Å². The van der Waals surface area contributed by atoms with E-state index in [1.54, 1.807) is 0 Å². The lowest BCUT2D eigenvalue weighted by Gasteiger charge is -2.27. The van der Waals surface area contributed by atoms with Crippen LogP contribution in [0.4, 0.5) is 13.2 Å². The van der Waals surface area contributed by atoms with E-state index in [-0.39, 0.29) is 18.9 Å². The van der Waals surface area contributed by atoms with Crippen LogP contribution < -0.4 is 5.73 Å². The van der Waals surface area contributed by atoms with E-state index in [1.807, 2.05) is 6.92 Å². The van der Waals surface area contributed by atoms with Gasteiger partial charge in [0.05, 0.1) is 0 Å². The van der Waals surface area contributed by atoms with Crippen LogP contribution in [0.3, 0.4) is 0 Å². The minimum atomic E-state index is -4.86. The third-order valence-corrected chi connectivity index (χ3v) is 3.83. The Morgan fingerprint density at radius 2 is 2.05 bits per heavy atom. The van der Waals surface area contributed by atoms with E-state index in [9.17, 15) is 22.8 Å². The van der Waals surface area contributed by atoms with Gasteiger partial charge in [-0.3, -0.25) is 9.59 Å². The number of carbonyl (C=O) groups excluding carboxylic acids is 1. The smallest absolute Gasteiger partial charge is 0.406 e. The first-order valence-electron chi connectivity index (χ1n) is 6.42. The second-order valence-corrected chi connectivity index (χ2v) is 5.33. The summed E-state index contributed by atoms with van der Waals surface area (Å²) in [5.74, 6) is -2.26. The van der Waals surface area contributed by atoms with Gasteiger partial charge in [0.2, 0.25) is 5.91 Å². The van der Waals surface area contributed by atoms with Crippen molar-refractivity contribution in [2.75, 3.05) is 19.6 Å². The van der Waals surface area contributed by atoms with E-state index < -0.39 is 36.4 Å². The highest BCUT2D eigenvalue weighted by Crippen LogP contribution is 2.45. The Morgan fingerprint density at radius 3 is 2.45 bits per heavy atom. The molecule has 0 saturated carbocycles. The van der Waals surface area contributed by atoms with E-state index in [0.29, 0.717) is 13.0 Å². The van der Waals surface area contributed by atoms with Crippen LogP contribution in [0.5, 0.6) is 0 Å². The average molecular weight is 296 g/mol. The molecule has 0 aromatic carbocycles. The predicted molar refractivity (Wildman–Crippen MR) is 64.8 cm³/mol. The van der Waals surface area contributed by atoms with Crippen LogP contribution in [0, 0.1) is 11.3 Å². The molecule has 1 rings (SSSR count). The molecule has 1 amide bonds. The topological polar surface area (TPSA) is 83.6 Å². The van der Waals surface area contributed by atoms with Crippen molar-refractivity contribution < 1.29 is 27.9 Å². The maximum atomic E-state index is 12.9. The normalized spacial score (nSPS) is 24.8. The summed E-state index contributed by atoms with van der Waals surface area (Å²) in [5.41, 5.74) is 2.57. The molecule has 0 aromatic rings. The zero-order valence-electron chi connectivity index (χ0n) is 11.2. The van der Waals surface area contributed by atoms with Crippen molar-refractivity contribution in [3.8, 4) is 0 Å². The molecule has 1 aliphatic heterocycles. The molecular formula is C12H19F3N2O3. The standard InChI is InChI=1S/C12H19F3N2O3/c1-8(6-16)2-3-9(18)17-5-4-11(7-17,10(19)20)12(13,14)15/h8H,2-7,16H2,1H3,(H,19,20). The number of hydrogen-bond donors (Lipinski definition) is 2. The summed E-state index contributed by atoms with van der Waals surface area (Å²) in [5, 5.41) is 8.88. The zero-order chi connectivity index (χ0) is 15.6. The maximum Gasteiger partial charge on any atom is 0.406 e. The Morgan fingerprint density at radius 1 is 1.45 bits per heavy atom. The van der Waals surface area contributed by atoms with Crippen molar-refractivity contribution in [2.24, 2.45) is 17.1 Å². The number of halogens is 3. The fraction of sp³-hybridized carbons (Fsp3) is 0.833. The minimum absolute atomic E-state index is 0.0892. The second kappa shape index (κ2) is 5.99. The van der Waals surface area contributed by atoms with Crippen LogP contribution in [0.2, 0.25) is 0 Å². The third-order valence-electron chi connectivity index (χ3n) is 3.83. The van der Waals surface area contributed by atoms with Gasteiger partial charge in [0.25, 0.3) is 0 Å². The van der Waals surface area contributed by atoms with Crippen molar-refractivity contribution in [3.63, 3.8) is 0 Å². The summed E-state index contributed by atoms with van der Waals surface area (Å²) >= 11 is 0. The molecule has 1 fully saturated rings. The maximum absolute atomic E-state index is 12.9. The van der Waals surface area contributed by atoms with E-state index in [1.165, 1.54) is 0 Å². The van der Waals surface area contributed by atoms with Gasteiger partial charge in [-0.25, -0.2) is 0 Å². The van der Waals surface area contributed by atoms with E-state index in [2.05, 4.69) is 0 Å². The molecular weight excluding hydrogens is 277 g/mol. The van der Waals surface area contributed by atoms with Crippen molar-refractivity contribution >= 4 is 11.9 Å². The molecule has 0 bridgehead atoms. The van der Waals surface area contributed by atoms with Crippen LogP contribution in [-0.4, -0.2) is 47.7 Å². The Hall–Kier alpha value is -1.31. The number of alkyl halides is 3. The molecule has 3 N–H and O–H groups in total. The molecule has 8 heteroatoms. The van der Waals surface area contributed by atoms with Crippen molar-refractivity contribution in [2.45, 2.75) is 32.4 Å². The molecule has 0 spiro atoms. The highest BCUT2D eigenvalue weighted by atomic mass is 19.4. The number of carboxylic acids is 1. The molecule has 1 aliphatic rings. The van der Waals surface area contributed by atoms with Gasteiger partial charge in [-0.1, -0.05) is 6.92 Å². The fourth-order valence-electron chi connectivity index (χ4n) is 2.20. The van der Waals surface area contributed by atoms with Crippen molar-refractivity contribution in [3.05, 3.63) is 0 Å². The van der Waals surface area contributed by atoms with Gasteiger partial charge in [0.15, 0.2) is 5.41 Å². The number of amides is 1. The molecule has 5 nitrogen and oxygen atoms in total. The lowest BCUT2D eigenvalue weighted by atomic mass is 9.86. The largest absolute Gasteiger partial charge is 0.481 e. The molecule has 0 aliphatic carbocycles. The first-order valence-corrected chi connectivity index (χ1v) is 6.42. The van der Waals surface area contributed by atoms with Gasteiger partial charge < -0.3 is 15.7 Å². The minimum Gasteiger partial charge on any atom is -0.481 e. The summed E-state index contributed by atoms with van der Waals surface area (Å²) < 4.78 is 38.8. The van der Waals surface area contributed by atoms with Gasteiger partial charge in [-0.2, -0.15) is 13.2 Å². The molecule has 2 atom stereocenters. The number of rotatable bonds is 5. The lowest BCUT2D eigenvalue weighted by molar-refractivity contribution is -0.227. The molecule has 116 valence electrons. The van der Waals surface area contributed by atoms with Crippen LogP contribution in [0.1, 0.15) is 26.2 Å². The number of carbonyl (C=O) groups is 2. The Balaban J connectivity index is 2.70. The number of nitrogens with zero attached hydrogens (tertiary/aromatic N) is 1. The molecule has 20 heavy (non-hydrogen) atoms. The summed E-state index contributed by atoms with van der Waals surface area (Å²) in [6.45, 7) is 1.26. The molecule has 1 saturated heterocycles. The van der Waals surface area contributed by atoms with Gasteiger partial charge in [0, 0.05) is 19.5 Å². The predicted octanol–water partition coefficient (Wildman–Crippen LogP) is 1.23. The van der Waals surface area contributed by atoms with Gasteiger partial charge in [0.1, 0.15) is 0 Å². The lowest BCUT2D eigenvalue weighted by Crippen LogP contribution is -2.47. The molecule has 2 unspecified atom stereocenters. The zero-order valence-corrected chi connectivity index (χ0v) is 11.2. The SMILES string of the molecule is CC(CN)CCC(=O)N1CCC(C(=O)O)(C(F)(F)F)C1. The summed E-state index contributed by atoms with van der Waals surface area (Å²) in [7, 11) is 0. The van der Waals surface area contributed by atoms with Gasteiger partial charge in [-0.05, 0) is 25.3 Å². The van der Waals surface area contributed by atoms with Crippen LogP contribution in [-0.2, 0) is 9.59 Å². The Bertz CT molecular complexity index is 387. The number of carboxylic acid groups (broad SMARTS) is 1. The monoisotopic (exact) mass is 296 g/mol. The summed E-state index contributed by atoms with van der Waals surface area (Å²) in [6, 6.07) is 0. The highest BCUT2D eigenvalue weighted by Gasteiger charge is 2.64. The first kappa shape index (κ1) is 16.7. The second-order valence-electron chi connectivity index (χ2n) is 5.33. The van der Waals surface area contributed by atoms with Crippen LogP contribution in [0.25, 0.3) is 0 Å².